The first-order valence-corrected chi connectivity index (χ1v) is 12.7. The van der Waals surface area contributed by atoms with Crippen molar-refractivity contribution < 1.29 is 9.53 Å². The average molecular weight is 529 g/mol. The zero-order valence-corrected chi connectivity index (χ0v) is 21.2. The van der Waals surface area contributed by atoms with E-state index in [2.05, 4.69) is 25.7 Å². The van der Waals surface area contributed by atoms with Gasteiger partial charge in [-0.1, -0.05) is 24.3 Å². The van der Waals surface area contributed by atoms with Crippen LogP contribution in [-0.4, -0.2) is 36.8 Å². The lowest BCUT2D eigenvalue weighted by Crippen LogP contribution is -2.36. The van der Waals surface area contributed by atoms with Gasteiger partial charge in [0.1, 0.15) is 25.3 Å². The predicted octanol–water partition coefficient (Wildman–Crippen LogP) is 2.70. The van der Waals surface area contributed by atoms with Crippen molar-refractivity contribution in [3.8, 4) is 17.1 Å². The Morgan fingerprint density at radius 3 is 2.87 bits per heavy atom. The number of nitrogen functional groups attached to an aromatic ring is 1. The molecule has 0 unspecified atom stereocenters. The zero-order valence-electron chi connectivity index (χ0n) is 20.4. The summed E-state index contributed by atoms with van der Waals surface area (Å²) in [7, 11) is 1.90. The van der Waals surface area contributed by atoms with Crippen LogP contribution >= 0.6 is 11.3 Å². The van der Waals surface area contributed by atoms with Crippen LogP contribution in [-0.2, 0) is 24.9 Å². The lowest BCUT2D eigenvalue weighted by molar-refractivity contribution is -0.121. The quantitative estimate of drug-likeness (QED) is 0.305. The second-order valence-corrected chi connectivity index (χ2v) is 10.1. The van der Waals surface area contributed by atoms with Gasteiger partial charge in [-0.05, 0) is 29.3 Å². The monoisotopic (exact) mass is 528 g/mol. The third-order valence-electron chi connectivity index (χ3n) is 6.39. The van der Waals surface area contributed by atoms with Crippen LogP contribution in [0, 0.1) is 0 Å². The van der Waals surface area contributed by atoms with E-state index in [9.17, 15) is 9.59 Å². The normalized spacial score (nSPS) is 14.5. The number of hydrogen-bond donors (Lipinski definition) is 3. The lowest BCUT2D eigenvalue weighted by Gasteiger charge is -2.27. The molecule has 11 nitrogen and oxygen atoms in total. The standard InChI is InChI=1S/C26H24N8O3S/c1-33-20(6-7-31-33)16-4-2-15(3-5-16)19-13-37-25-24(32-19)26(36)34(14-30-25)12-23(35)29-11-18-8-17-10-28-22(27)9-21(17)38-18/h2-10,14,19,32H,11-13H2,1H3,(H2,27,28)(H,29,35)/t19-/m0/s1. The van der Waals surface area contributed by atoms with Gasteiger partial charge in [-0.2, -0.15) is 5.10 Å². The van der Waals surface area contributed by atoms with Crippen molar-refractivity contribution in [1.82, 2.24) is 29.6 Å². The summed E-state index contributed by atoms with van der Waals surface area (Å²) in [5, 5.41) is 11.3. The van der Waals surface area contributed by atoms with Gasteiger partial charge in [0.2, 0.25) is 11.8 Å². The van der Waals surface area contributed by atoms with Crippen LogP contribution in [0.4, 0.5) is 11.5 Å². The van der Waals surface area contributed by atoms with E-state index in [1.54, 1.807) is 18.5 Å². The number of hydrogen-bond acceptors (Lipinski definition) is 9. The van der Waals surface area contributed by atoms with Crippen molar-refractivity contribution in [3.63, 3.8) is 0 Å². The minimum Gasteiger partial charge on any atom is -0.473 e. The first kappa shape index (κ1) is 23.7. The number of nitrogens with two attached hydrogens (primary N) is 1. The maximum absolute atomic E-state index is 13.2. The fourth-order valence-corrected chi connectivity index (χ4v) is 5.43. The van der Waals surface area contributed by atoms with E-state index in [4.69, 9.17) is 10.5 Å². The number of aryl methyl sites for hydroxylation is 1. The number of nitrogens with zero attached hydrogens (tertiary/aromatic N) is 5. The molecule has 192 valence electrons. The summed E-state index contributed by atoms with van der Waals surface area (Å²) in [6.07, 6.45) is 4.80. The minimum atomic E-state index is -0.371. The van der Waals surface area contributed by atoms with E-state index in [1.807, 2.05) is 48.1 Å². The number of ether oxygens (including phenoxy) is 1. The Hall–Kier alpha value is -4.71. The first-order chi connectivity index (χ1) is 18.4. The van der Waals surface area contributed by atoms with Crippen molar-refractivity contribution in [2.45, 2.75) is 19.1 Å². The molecule has 0 saturated carbocycles. The molecule has 4 N–H and O–H groups in total. The molecular weight excluding hydrogens is 504 g/mol. The van der Waals surface area contributed by atoms with Gasteiger partial charge in [0.05, 0.1) is 18.3 Å². The molecule has 0 radical (unpaired) electrons. The number of thiophene rings is 1. The Balaban J connectivity index is 1.13. The van der Waals surface area contributed by atoms with Gasteiger partial charge in [0.25, 0.3) is 5.56 Å². The maximum Gasteiger partial charge on any atom is 0.281 e. The molecule has 4 aromatic heterocycles. The van der Waals surface area contributed by atoms with Crippen LogP contribution in [0.3, 0.4) is 0 Å². The van der Waals surface area contributed by atoms with Crippen LogP contribution in [0.2, 0.25) is 0 Å². The minimum absolute atomic E-state index is 0.162. The van der Waals surface area contributed by atoms with E-state index in [1.165, 1.54) is 22.2 Å². The second kappa shape index (κ2) is 9.63. The zero-order chi connectivity index (χ0) is 26.2. The number of carbonyl (C=O) groups is 1. The van der Waals surface area contributed by atoms with Gasteiger partial charge in [-0.3, -0.25) is 18.8 Å². The Labute approximate surface area is 220 Å². The van der Waals surface area contributed by atoms with Crippen molar-refractivity contribution in [3.05, 3.63) is 82.0 Å². The molecule has 6 rings (SSSR count). The van der Waals surface area contributed by atoms with Crippen LogP contribution in [0.5, 0.6) is 5.88 Å². The highest BCUT2D eigenvalue weighted by molar-refractivity contribution is 7.19. The largest absolute Gasteiger partial charge is 0.473 e. The summed E-state index contributed by atoms with van der Waals surface area (Å²) in [4.78, 5) is 35.1. The second-order valence-electron chi connectivity index (χ2n) is 8.96. The third-order valence-corrected chi connectivity index (χ3v) is 7.48. The topological polar surface area (TPSA) is 142 Å². The first-order valence-electron chi connectivity index (χ1n) is 11.9. The summed E-state index contributed by atoms with van der Waals surface area (Å²) in [5.41, 5.74) is 8.63. The van der Waals surface area contributed by atoms with E-state index in [-0.39, 0.29) is 35.6 Å². The molecule has 1 aliphatic rings. The van der Waals surface area contributed by atoms with Crippen LogP contribution in [0.1, 0.15) is 16.5 Å². The SMILES string of the molecule is Cn1nccc1-c1ccc([C@@H]2COc3ncn(CC(=O)NCc4cc5cnc(N)cc5s4)c(=O)c3N2)cc1. The van der Waals surface area contributed by atoms with Crippen LogP contribution in [0.15, 0.2) is 66.0 Å². The highest BCUT2D eigenvalue weighted by atomic mass is 32.1. The van der Waals surface area contributed by atoms with Gasteiger partial charge in [-0.15, -0.1) is 11.3 Å². The van der Waals surface area contributed by atoms with Crippen molar-refractivity contribution in [1.29, 1.82) is 0 Å². The molecular formula is C26H24N8O3S. The molecule has 38 heavy (non-hydrogen) atoms. The predicted molar refractivity (Wildman–Crippen MR) is 145 cm³/mol. The number of benzene rings is 1. The number of amides is 1. The molecule has 0 spiro atoms. The Morgan fingerprint density at radius 2 is 2.08 bits per heavy atom. The Bertz CT molecular complexity index is 1710. The van der Waals surface area contributed by atoms with E-state index >= 15 is 0 Å². The summed E-state index contributed by atoms with van der Waals surface area (Å²) < 4.78 is 9.87. The number of anilines is 2. The number of rotatable bonds is 6. The van der Waals surface area contributed by atoms with Gasteiger partial charge >= 0.3 is 0 Å². The molecule has 1 aromatic carbocycles. The number of pyridine rings is 1. The molecule has 12 heteroatoms. The number of nitrogens with one attached hydrogen (secondary N) is 2. The number of carbonyl (C=O) groups excluding carboxylic acids is 1. The highest BCUT2D eigenvalue weighted by Crippen LogP contribution is 2.30. The van der Waals surface area contributed by atoms with Crippen molar-refractivity contribution in [2.24, 2.45) is 7.05 Å². The molecule has 0 aliphatic carbocycles. The highest BCUT2D eigenvalue weighted by Gasteiger charge is 2.25. The van der Waals surface area contributed by atoms with E-state index in [0.717, 1.165) is 31.8 Å². The summed E-state index contributed by atoms with van der Waals surface area (Å²) in [5.74, 6) is 0.381. The van der Waals surface area contributed by atoms with E-state index < -0.39 is 0 Å². The lowest BCUT2D eigenvalue weighted by atomic mass is 10.0. The van der Waals surface area contributed by atoms with Gasteiger partial charge in [0, 0.05) is 34.4 Å². The van der Waals surface area contributed by atoms with Gasteiger partial charge in [0.15, 0.2) is 5.69 Å². The maximum atomic E-state index is 13.2. The van der Waals surface area contributed by atoms with Gasteiger partial charge < -0.3 is 21.1 Å². The fourth-order valence-electron chi connectivity index (χ4n) is 4.41. The molecule has 0 bridgehead atoms. The number of fused-ring (bicyclic) bond motifs is 2. The van der Waals surface area contributed by atoms with Crippen molar-refractivity contribution in [2.75, 3.05) is 17.7 Å². The summed E-state index contributed by atoms with van der Waals surface area (Å²) >= 11 is 1.53. The molecule has 5 heterocycles. The molecule has 1 amide bonds. The Morgan fingerprint density at radius 1 is 1.24 bits per heavy atom. The molecule has 1 atom stereocenters. The van der Waals surface area contributed by atoms with Crippen LogP contribution < -0.4 is 26.7 Å². The van der Waals surface area contributed by atoms with E-state index in [0.29, 0.717) is 19.0 Å². The fraction of sp³-hybridized carbons (Fsp3) is 0.192. The summed E-state index contributed by atoms with van der Waals surface area (Å²) in [6.45, 7) is 0.499. The Kier molecular flexibility index (Phi) is 6.00. The number of aromatic nitrogens is 5. The van der Waals surface area contributed by atoms with Crippen LogP contribution in [0.25, 0.3) is 21.3 Å². The molecule has 0 fully saturated rings. The average Bonchev–Trinajstić information content (AvgIpc) is 3.54. The van der Waals surface area contributed by atoms with Gasteiger partial charge in [-0.25, -0.2) is 9.97 Å². The summed E-state index contributed by atoms with van der Waals surface area (Å²) in [6, 6.07) is 13.5. The molecule has 1 aliphatic heterocycles. The smallest absolute Gasteiger partial charge is 0.281 e. The van der Waals surface area contributed by atoms with Crippen molar-refractivity contribution >= 4 is 38.8 Å². The molecule has 0 saturated heterocycles. The third kappa shape index (κ3) is 4.57. The molecule has 5 aromatic rings.